The quantitative estimate of drug-likeness (QED) is 0.820. The van der Waals surface area contributed by atoms with Crippen molar-refractivity contribution in [1.82, 2.24) is 9.97 Å². The van der Waals surface area contributed by atoms with Gasteiger partial charge in [0.25, 0.3) is 0 Å². The number of aromatic nitrogens is 2. The molecule has 2 aromatic heterocycles. The molecule has 0 aromatic carbocycles. The van der Waals surface area contributed by atoms with Crippen LogP contribution in [0.1, 0.15) is 29.7 Å². The van der Waals surface area contributed by atoms with Crippen LogP contribution in [-0.2, 0) is 12.8 Å². The molecule has 0 unspecified atom stereocenters. The Morgan fingerprint density at radius 1 is 1.25 bits per heavy atom. The molecule has 1 aliphatic rings. The van der Waals surface area contributed by atoms with Crippen molar-refractivity contribution in [1.29, 1.82) is 5.26 Å². The molecule has 3 nitrogen and oxygen atoms in total. The molecule has 0 N–H and O–H groups in total. The summed E-state index contributed by atoms with van der Waals surface area (Å²) in [5.74, 6) is 0. The second-order valence-corrected chi connectivity index (χ2v) is 6.61. The van der Waals surface area contributed by atoms with Crippen molar-refractivity contribution >= 4 is 27.7 Å². The molecule has 2 aromatic rings. The van der Waals surface area contributed by atoms with Gasteiger partial charge in [-0.05, 0) is 77.1 Å². The van der Waals surface area contributed by atoms with Crippen LogP contribution >= 0.6 is 27.7 Å². The fourth-order valence-corrected chi connectivity index (χ4v) is 3.34. The zero-order valence-corrected chi connectivity index (χ0v) is 13.2. The van der Waals surface area contributed by atoms with E-state index in [1.165, 1.54) is 30.2 Å². The van der Waals surface area contributed by atoms with E-state index in [2.05, 4.69) is 27.0 Å². The van der Waals surface area contributed by atoms with Crippen LogP contribution in [0.4, 0.5) is 0 Å². The van der Waals surface area contributed by atoms with Crippen LogP contribution in [-0.4, -0.2) is 9.97 Å². The SMILES string of the molecule is N#Cc1cc2c(nc1Sc1ccc(Br)cn1)CCCC2. The monoisotopic (exact) mass is 345 g/mol. The zero-order valence-electron chi connectivity index (χ0n) is 10.8. The van der Waals surface area contributed by atoms with Crippen LogP contribution in [0.3, 0.4) is 0 Å². The largest absolute Gasteiger partial charge is 0.248 e. The Kier molecular flexibility index (Phi) is 4.04. The molecular formula is C15H12BrN3S. The molecule has 5 heteroatoms. The molecule has 1 aliphatic carbocycles. The highest BCUT2D eigenvalue weighted by molar-refractivity contribution is 9.10. The lowest BCUT2D eigenvalue weighted by molar-refractivity contribution is 0.660. The van der Waals surface area contributed by atoms with E-state index in [1.54, 1.807) is 6.20 Å². The molecule has 20 heavy (non-hydrogen) atoms. The fraction of sp³-hybridized carbons (Fsp3) is 0.267. The number of nitriles is 1. The molecule has 0 saturated heterocycles. The number of hydrogen-bond acceptors (Lipinski definition) is 4. The Balaban J connectivity index is 1.96. The minimum Gasteiger partial charge on any atom is -0.248 e. The number of rotatable bonds is 2. The van der Waals surface area contributed by atoms with Gasteiger partial charge < -0.3 is 0 Å². The Hall–Kier alpha value is -1.38. The van der Waals surface area contributed by atoms with E-state index >= 15 is 0 Å². The number of halogens is 1. The van der Waals surface area contributed by atoms with Crippen LogP contribution in [0.15, 0.2) is 38.9 Å². The minimum absolute atomic E-state index is 0.653. The highest BCUT2D eigenvalue weighted by atomic mass is 79.9. The summed E-state index contributed by atoms with van der Waals surface area (Å²) >= 11 is 4.82. The topological polar surface area (TPSA) is 49.6 Å². The molecule has 0 radical (unpaired) electrons. The first kappa shape index (κ1) is 13.6. The van der Waals surface area contributed by atoms with Gasteiger partial charge >= 0.3 is 0 Å². The van der Waals surface area contributed by atoms with Crippen LogP contribution < -0.4 is 0 Å². The third kappa shape index (κ3) is 2.87. The summed E-state index contributed by atoms with van der Waals surface area (Å²) < 4.78 is 0.945. The minimum atomic E-state index is 0.653. The molecule has 0 saturated carbocycles. The smallest absolute Gasteiger partial charge is 0.120 e. The Morgan fingerprint density at radius 3 is 2.85 bits per heavy atom. The van der Waals surface area contributed by atoms with Crippen molar-refractivity contribution in [2.45, 2.75) is 35.7 Å². The summed E-state index contributed by atoms with van der Waals surface area (Å²) in [6.45, 7) is 0. The standard InChI is InChI=1S/C15H12BrN3S/c16-12-5-6-14(18-9-12)20-15-11(8-17)7-10-3-1-2-4-13(10)19-15/h5-7,9H,1-4H2. The highest BCUT2D eigenvalue weighted by Gasteiger charge is 2.16. The summed E-state index contributed by atoms with van der Waals surface area (Å²) in [4.78, 5) is 9.02. The van der Waals surface area contributed by atoms with Gasteiger partial charge in [0.15, 0.2) is 0 Å². The predicted molar refractivity (Wildman–Crippen MR) is 81.7 cm³/mol. The van der Waals surface area contributed by atoms with Gasteiger partial charge in [0, 0.05) is 16.4 Å². The van der Waals surface area contributed by atoms with Gasteiger partial charge in [0.2, 0.25) is 0 Å². The lowest BCUT2D eigenvalue weighted by atomic mass is 9.95. The van der Waals surface area contributed by atoms with Crippen LogP contribution in [0.5, 0.6) is 0 Å². The summed E-state index contributed by atoms with van der Waals surface area (Å²) in [6, 6.07) is 8.13. The molecule has 0 amide bonds. The van der Waals surface area contributed by atoms with Crippen molar-refractivity contribution in [3.8, 4) is 6.07 Å². The number of pyridine rings is 2. The van der Waals surface area contributed by atoms with Crippen LogP contribution in [0, 0.1) is 11.3 Å². The normalized spacial score (nSPS) is 13.6. The first-order valence-electron chi connectivity index (χ1n) is 6.48. The average Bonchev–Trinajstić information content (AvgIpc) is 2.49. The predicted octanol–water partition coefficient (Wildman–Crippen LogP) is 4.14. The van der Waals surface area contributed by atoms with Crippen molar-refractivity contribution in [2.75, 3.05) is 0 Å². The molecule has 0 bridgehead atoms. The lowest BCUT2D eigenvalue weighted by Gasteiger charge is -2.16. The number of fused-ring (bicyclic) bond motifs is 1. The summed E-state index contributed by atoms with van der Waals surface area (Å²) in [5, 5.41) is 10.9. The average molecular weight is 346 g/mol. The molecular weight excluding hydrogens is 334 g/mol. The van der Waals surface area contributed by atoms with Gasteiger partial charge in [-0.1, -0.05) is 0 Å². The third-order valence-corrected chi connectivity index (χ3v) is 4.71. The van der Waals surface area contributed by atoms with Gasteiger partial charge in [-0.2, -0.15) is 5.26 Å². The van der Waals surface area contributed by atoms with Gasteiger partial charge in [-0.25, -0.2) is 9.97 Å². The van der Waals surface area contributed by atoms with Crippen molar-refractivity contribution in [3.63, 3.8) is 0 Å². The number of aryl methyl sites for hydroxylation is 2. The van der Waals surface area contributed by atoms with E-state index in [4.69, 9.17) is 4.98 Å². The van der Waals surface area contributed by atoms with E-state index in [0.29, 0.717) is 5.56 Å². The van der Waals surface area contributed by atoms with E-state index in [-0.39, 0.29) is 0 Å². The lowest BCUT2D eigenvalue weighted by Crippen LogP contribution is -2.07. The zero-order chi connectivity index (χ0) is 13.9. The second-order valence-electron chi connectivity index (χ2n) is 4.68. The Morgan fingerprint density at radius 2 is 2.10 bits per heavy atom. The van der Waals surface area contributed by atoms with Crippen molar-refractivity contribution < 1.29 is 0 Å². The molecule has 100 valence electrons. The Bertz CT molecular complexity index is 677. The maximum atomic E-state index is 9.31. The highest BCUT2D eigenvalue weighted by Crippen LogP contribution is 2.31. The van der Waals surface area contributed by atoms with Crippen molar-refractivity contribution in [2.24, 2.45) is 0 Å². The van der Waals surface area contributed by atoms with E-state index in [9.17, 15) is 5.26 Å². The van der Waals surface area contributed by atoms with Gasteiger partial charge in [0.1, 0.15) is 16.1 Å². The third-order valence-electron chi connectivity index (χ3n) is 3.29. The van der Waals surface area contributed by atoms with E-state index < -0.39 is 0 Å². The van der Waals surface area contributed by atoms with E-state index in [1.807, 2.05) is 18.2 Å². The van der Waals surface area contributed by atoms with Crippen molar-refractivity contribution in [3.05, 3.63) is 45.7 Å². The number of hydrogen-bond donors (Lipinski definition) is 0. The van der Waals surface area contributed by atoms with Gasteiger partial charge in [-0.15, -0.1) is 0 Å². The molecule has 0 fully saturated rings. The second kappa shape index (κ2) is 5.94. The molecule has 3 rings (SSSR count). The molecule has 0 aliphatic heterocycles. The summed E-state index contributed by atoms with van der Waals surface area (Å²) in [5.41, 5.74) is 3.04. The Labute approximate surface area is 130 Å². The molecule has 0 spiro atoms. The maximum absolute atomic E-state index is 9.31. The first-order valence-corrected chi connectivity index (χ1v) is 8.09. The van der Waals surface area contributed by atoms with E-state index in [0.717, 1.165) is 33.1 Å². The molecule has 0 atom stereocenters. The maximum Gasteiger partial charge on any atom is 0.120 e. The van der Waals surface area contributed by atoms with Crippen LogP contribution in [0.25, 0.3) is 0 Å². The van der Waals surface area contributed by atoms with Gasteiger partial charge in [0.05, 0.1) is 5.56 Å². The first-order chi connectivity index (χ1) is 9.76. The summed E-state index contributed by atoms with van der Waals surface area (Å²) in [6.07, 6.45) is 6.19. The fourth-order valence-electron chi connectivity index (χ4n) is 2.29. The molecule has 2 heterocycles. The number of nitrogens with zero attached hydrogens (tertiary/aromatic N) is 3. The van der Waals surface area contributed by atoms with Crippen LogP contribution in [0.2, 0.25) is 0 Å². The summed E-state index contributed by atoms with van der Waals surface area (Å²) in [7, 11) is 0. The van der Waals surface area contributed by atoms with Gasteiger partial charge in [-0.3, -0.25) is 0 Å².